The minimum atomic E-state index is -1.01. The number of amides is 2. The van der Waals surface area contributed by atoms with E-state index in [2.05, 4.69) is 5.32 Å². The second kappa shape index (κ2) is 8.41. The lowest BCUT2D eigenvalue weighted by Gasteiger charge is -2.35. The number of ether oxygens (including phenoxy) is 2. The number of hydrogen-bond acceptors (Lipinski definition) is 4. The van der Waals surface area contributed by atoms with Crippen LogP contribution in [0.2, 0.25) is 10.0 Å². The van der Waals surface area contributed by atoms with E-state index < -0.39 is 6.09 Å². The van der Waals surface area contributed by atoms with E-state index in [0.29, 0.717) is 34.3 Å². The largest absolute Gasteiger partial charge is 0.467 e. The molecule has 0 saturated carbocycles. The van der Waals surface area contributed by atoms with Gasteiger partial charge in [-0.3, -0.25) is 4.79 Å². The minimum Gasteiger partial charge on any atom is -0.467 e. The van der Waals surface area contributed by atoms with Crippen LogP contribution in [-0.2, 0) is 16.0 Å². The maximum atomic E-state index is 12.0. The normalized spacial score (nSPS) is 14.2. The molecule has 0 atom stereocenters. The van der Waals surface area contributed by atoms with Gasteiger partial charge in [0.2, 0.25) is 5.91 Å². The Morgan fingerprint density at radius 2 is 2.08 bits per heavy atom. The topological polar surface area (TPSA) is 88.1 Å². The van der Waals surface area contributed by atoms with Gasteiger partial charge in [-0.1, -0.05) is 23.2 Å². The molecule has 1 aliphatic heterocycles. The first kappa shape index (κ1) is 18.6. The molecule has 2 rings (SSSR count). The number of carboxylic acid groups (broad SMARTS) is 1. The summed E-state index contributed by atoms with van der Waals surface area (Å²) in [6.45, 7) is 0.860. The molecular formula is C15H18Cl2N2O5. The molecule has 2 amide bonds. The standard InChI is InChI=1S/C15H18Cl2N2O5/c1-23-8-24-12-3-2-11(16)13(17)10(12)4-5-18-14(20)9-6-19(7-9)15(21)22/h2-3,9H,4-8H2,1H3,(H,18,20)(H,21,22). The number of rotatable bonds is 7. The molecule has 1 heterocycles. The number of hydrogen-bond donors (Lipinski definition) is 2. The monoisotopic (exact) mass is 376 g/mol. The van der Waals surface area contributed by atoms with Crippen molar-refractivity contribution in [3.63, 3.8) is 0 Å². The molecule has 7 nitrogen and oxygen atoms in total. The highest BCUT2D eigenvalue weighted by atomic mass is 35.5. The fourth-order valence-electron chi connectivity index (χ4n) is 2.32. The van der Waals surface area contributed by atoms with E-state index in [9.17, 15) is 9.59 Å². The summed E-state index contributed by atoms with van der Waals surface area (Å²) in [5.74, 6) is 0.0614. The third-order valence-corrected chi connectivity index (χ3v) is 4.53. The van der Waals surface area contributed by atoms with Crippen molar-refractivity contribution in [2.45, 2.75) is 6.42 Å². The summed E-state index contributed by atoms with van der Waals surface area (Å²) in [5.41, 5.74) is 0.683. The first-order valence-corrected chi connectivity index (χ1v) is 8.03. The van der Waals surface area contributed by atoms with Gasteiger partial charge < -0.3 is 24.8 Å². The van der Waals surface area contributed by atoms with Crippen LogP contribution in [0.1, 0.15) is 5.56 Å². The molecule has 0 aromatic heterocycles. The molecule has 0 radical (unpaired) electrons. The number of likely N-dealkylation sites (tertiary alicyclic amines) is 1. The summed E-state index contributed by atoms with van der Waals surface area (Å²) < 4.78 is 10.3. The van der Waals surface area contributed by atoms with Crippen LogP contribution in [0.3, 0.4) is 0 Å². The Bertz CT molecular complexity index is 620. The van der Waals surface area contributed by atoms with Crippen LogP contribution in [0, 0.1) is 5.92 Å². The van der Waals surface area contributed by atoms with Crippen LogP contribution in [-0.4, -0.2) is 55.5 Å². The van der Waals surface area contributed by atoms with E-state index in [0.717, 1.165) is 0 Å². The summed E-state index contributed by atoms with van der Waals surface area (Å²) in [5, 5.41) is 12.3. The third-order valence-electron chi connectivity index (χ3n) is 3.68. The Kier molecular flexibility index (Phi) is 6.53. The third kappa shape index (κ3) is 4.43. The van der Waals surface area contributed by atoms with Crippen molar-refractivity contribution in [2.75, 3.05) is 33.5 Å². The SMILES string of the molecule is COCOc1ccc(Cl)c(Cl)c1CCNC(=O)C1CN(C(=O)O)C1. The fraction of sp³-hybridized carbons (Fsp3) is 0.467. The Morgan fingerprint density at radius 3 is 2.71 bits per heavy atom. The van der Waals surface area contributed by atoms with Crippen LogP contribution in [0.4, 0.5) is 4.79 Å². The zero-order valence-corrected chi connectivity index (χ0v) is 14.6. The highest BCUT2D eigenvalue weighted by Gasteiger charge is 2.35. The summed E-state index contributed by atoms with van der Waals surface area (Å²) >= 11 is 12.2. The molecule has 132 valence electrons. The maximum absolute atomic E-state index is 12.0. The number of methoxy groups -OCH3 is 1. The first-order valence-electron chi connectivity index (χ1n) is 7.28. The van der Waals surface area contributed by atoms with E-state index >= 15 is 0 Å². The highest BCUT2D eigenvalue weighted by molar-refractivity contribution is 6.42. The predicted octanol–water partition coefficient (Wildman–Crippen LogP) is 2.24. The van der Waals surface area contributed by atoms with Crippen molar-refractivity contribution in [1.82, 2.24) is 10.2 Å². The molecule has 0 aliphatic carbocycles. The Morgan fingerprint density at radius 1 is 1.38 bits per heavy atom. The van der Waals surface area contributed by atoms with Gasteiger partial charge in [0, 0.05) is 32.3 Å². The predicted molar refractivity (Wildman–Crippen MR) is 88.8 cm³/mol. The van der Waals surface area contributed by atoms with Crippen molar-refractivity contribution in [2.24, 2.45) is 5.92 Å². The number of carbonyl (C=O) groups is 2. The average molecular weight is 377 g/mol. The number of carbonyl (C=O) groups excluding carboxylic acids is 1. The number of nitrogens with one attached hydrogen (secondary N) is 1. The molecule has 2 N–H and O–H groups in total. The van der Waals surface area contributed by atoms with Crippen molar-refractivity contribution < 1.29 is 24.2 Å². The molecule has 24 heavy (non-hydrogen) atoms. The van der Waals surface area contributed by atoms with E-state index in [1.54, 1.807) is 12.1 Å². The molecule has 0 unspecified atom stereocenters. The Labute approximate surface area is 149 Å². The number of benzene rings is 1. The van der Waals surface area contributed by atoms with Gasteiger partial charge >= 0.3 is 6.09 Å². The second-order valence-electron chi connectivity index (χ2n) is 5.31. The zero-order valence-electron chi connectivity index (χ0n) is 13.1. The van der Waals surface area contributed by atoms with Crippen LogP contribution < -0.4 is 10.1 Å². The van der Waals surface area contributed by atoms with E-state index in [-0.39, 0.29) is 31.7 Å². The molecular weight excluding hydrogens is 359 g/mol. The molecule has 1 aromatic rings. The molecule has 9 heteroatoms. The van der Waals surface area contributed by atoms with Crippen molar-refractivity contribution >= 4 is 35.2 Å². The molecule has 0 spiro atoms. The van der Waals surface area contributed by atoms with Gasteiger partial charge in [0.25, 0.3) is 0 Å². The summed E-state index contributed by atoms with van der Waals surface area (Å²) in [4.78, 5) is 23.8. The molecule has 0 bridgehead atoms. The number of halogens is 2. The van der Waals surface area contributed by atoms with Gasteiger partial charge in [0.05, 0.1) is 16.0 Å². The van der Waals surface area contributed by atoms with Gasteiger partial charge in [0.15, 0.2) is 6.79 Å². The van der Waals surface area contributed by atoms with Gasteiger partial charge in [-0.2, -0.15) is 0 Å². The Hall–Kier alpha value is -1.70. The van der Waals surface area contributed by atoms with Crippen LogP contribution in [0.15, 0.2) is 12.1 Å². The minimum absolute atomic E-state index is 0.0738. The summed E-state index contributed by atoms with van der Waals surface area (Å²) in [6.07, 6.45) is -0.579. The van der Waals surface area contributed by atoms with Gasteiger partial charge in [-0.15, -0.1) is 0 Å². The lowest BCUT2D eigenvalue weighted by atomic mass is 10.00. The first-order chi connectivity index (χ1) is 11.4. The smallest absolute Gasteiger partial charge is 0.407 e. The quantitative estimate of drug-likeness (QED) is 0.712. The van der Waals surface area contributed by atoms with Crippen molar-refractivity contribution in [3.8, 4) is 5.75 Å². The van der Waals surface area contributed by atoms with Gasteiger partial charge in [-0.25, -0.2) is 4.79 Å². The summed E-state index contributed by atoms with van der Waals surface area (Å²) in [7, 11) is 1.51. The maximum Gasteiger partial charge on any atom is 0.407 e. The lowest BCUT2D eigenvalue weighted by Crippen LogP contribution is -2.55. The van der Waals surface area contributed by atoms with Crippen LogP contribution >= 0.6 is 23.2 Å². The zero-order chi connectivity index (χ0) is 17.7. The number of nitrogens with zero attached hydrogens (tertiary/aromatic N) is 1. The molecule has 1 aliphatic rings. The van der Waals surface area contributed by atoms with E-state index in [1.165, 1.54) is 12.0 Å². The van der Waals surface area contributed by atoms with Crippen LogP contribution in [0.25, 0.3) is 0 Å². The van der Waals surface area contributed by atoms with Crippen LogP contribution in [0.5, 0.6) is 5.75 Å². The van der Waals surface area contributed by atoms with E-state index in [1.807, 2.05) is 0 Å². The molecule has 1 aromatic carbocycles. The Balaban J connectivity index is 1.88. The lowest BCUT2D eigenvalue weighted by molar-refractivity contribution is -0.129. The second-order valence-corrected chi connectivity index (χ2v) is 6.10. The van der Waals surface area contributed by atoms with Gasteiger partial charge in [0.1, 0.15) is 5.75 Å². The highest BCUT2D eigenvalue weighted by Crippen LogP contribution is 2.33. The summed E-state index contributed by atoms with van der Waals surface area (Å²) in [6, 6.07) is 3.33. The van der Waals surface area contributed by atoms with Crippen molar-refractivity contribution in [3.05, 3.63) is 27.7 Å². The van der Waals surface area contributed by atoms with Crippen molar-refractivity contribution in [1.29, 1.82) is 0 Å². The molecule has 1 fully saturated rings. The van der Waals surface area contributed by atoms with E-state index in [4.69, 9.17) is 37.8 Å². The fourth-order valence-corrected chi connectivity index (χ4v) is 2.75. The van der Waals surface area contributed by atoms with Gasteiger partial charge in [-0.05, 0) is 18.6 Å². The molecule has 1 saturated heterocycles. The average Bonchev–Trinajstić information content (AvgIpc) is 2.48.